The molecule has 0 N–H and O–H groups in total. The van der Waals surface area contributed by atoms with Gasteiger partial charge in [0.1, 0.15) is 5.78 Å². The lowest BCUT2D eigenvalue weighted by atomic mass is 9.97. The SMILES string of the molecule is CCC(C=C1CC1)C(=O)CC=C1CC1. The molecule has 0 aromatic rings. The number of rotatable bonds is 5. The molecule has 0 aliphatic heterocycles. The predicted octanol–water partition coefficient (Wildman–Crippen LogP) is 3.41. The van der Waals surface area contributed by atoms with Crippen LogP contribution in [0.25, 0.3) is 0 Å². The molecule has 0 saturated heterocycles. The van der Waals surface area contributed by atoms with Crippen molar-refractivity contribution >= 4 is 5.78 Å². The molecule has 1 heteroatoms. The van der Waals surface area contributed by atoms with E-state index in [9.17, 15) is 4.79 Å². The summed E-state index contributed by atoms with van der Waals surface area (Å²) in [7, 11) is 0. The molecule has 0 spiro atoms. The van der Waals surface area contributed by atoms with Gasteiger partial charge in [-0.2, -0.15) is 0 Å². The lowest BCUT2D eigenvalue weighted by Crippen LogP contribution is -2.09. The molecule has 0 bridgehead atoms. The Balaban J connectivity index is 1.86. The van der Waals surface area contributed by atoms with Gasteiger partial charge in [-0.05, 0) is 32.1 Å². The van der Waals surface area contributed by atoms with E-state index in [0.29, 0.717) is 12.2 Å². The summed E-state index contributed by atoms with van der Waals surface area (Å²) in [5.41, 5.74) is 2.97. The number of carbonyl (C=O) groups excluding carboxylic acids is 1. The Kier molecular flexibility index (Phi) is 2.85. The molecule has 76 valence electrons. The molecule has 2 fully saturated rings. The van der Waals surface area contributed by atoms with Crippen LogP contribution in [0.1, 0.15) is 45.4 Å². The number of hydrogen-bond donors (Lipinski definition) is 0. The van der Waals surface area contributed by atoms with Crippen molar-refractivity contribution in [2.24, 2.45) is 5.92 Å². The van der Waals surface area contributed by atoms with Crippen LogP contribution >= 0.6 is 0 Å². The smallest absolute Gasteiger partial charge is 0.143 e. The van der Waals surface area contributed by atoms with Gasteiger partial charge in [0, 0.05) is 12.3 Å². The zero-order valence-electron chi connectivity index (χ0n) is 8.88. The lowest BCUT2D eigenvalue weighted by molar-refractivity contribution is -0.120. The van der Waals surface area contributed by atoms with Gasteiger partial charge < -0.3 is 0 Å². The Labute approximate surface area is 85.9 Å². The van der Waals surface area contributed by atoms with E-state index in [4.69, 9.17) is 0 Å². The average Bonchev–Trinajstić information content (AvgIpc) is 3.02. The van der Waals surface area contributed by atoms with Crippen LogP contribution in [0, 0.1) is 5.92 Å². The Morgan fingerprint density at radius 3 is 2.43 bits per heavy atom. The number of hydrogen-bond acceptors (Lipinski definition) is 1. The Morgan fingerprint density at radius 1 is 1.29 bits per heavy atom. The Bertz CT molecular complexity index is 284. The maximum absolute atomic E-state index is 11.8. The summed E-state index contributed by atoms with van der Waals surface area (Å²) in [4.78, 5) is 11.8. The van der Waals surface area contributed by atoms with Crippen LogP contribution in [0.4, 0.5) is 0 Å². The third kappa shape index (κ3) is 2.83. The van der Waals surface area contributed by atoms with Crippen molar-refractivity contribution in [3.05, 3.63) is 23.3 Å². The van der Waals surface area contributed by atoms with E-state index in [0.717, 1.165) is 6.42 Å². The normalized spacial score (nSPS) is 20.4. The summed E-state index contributed by atoms with van der Waals surface area (Å²) in [6.45, 7) is 2.10. The molecule has 0 radical (unpaired) electrons. The van der Waals surface area contributed by atoms with E-state index in [1.807, 2.05) is 0 Å². The van der Waals surface area contributed by atoms with Gasteiger partial charge in [0.05, 0.1) is 0 Å². The van der Waals surface area contributed by atoms with Crippen molar-refractivity contribution in [2.75, 3.05) is 0 Å². The van der Waals surface area contributed by atoms with E-state index >= 15 is 0 Å². The summed E-state index contributed by atoms with van der Waals surface area (Å²) >= 11 is 0. The van der Waals surface area contributed by atoms with Gasteiger partial charge in [-0.15, -0.1) is 0 Å². The molecule has 0 aromatic heterocycles. The highest BCUT2D eigenvalue weighted by Crippen LogP contribution is 2.31. The quantitative estimate of drug-likeness (QED) is 0.607. The number of ketones is 1. The first-order chi connectivity index (χ1) is 6.79. The molecule has 2 aliphatic carbocycles. The molecular formula is C13H18O. The summed E-state index contributed by atoms with van der Waals surface area (Å²) in [6.07, 6.45) is 10.9. The van der Waals surface area contributed by atoms with Gasteiger partial charge in [0.2, 0.25) is 0 Å². The van der Waals surface area contributed by atoms with Crippen LogP contribution in [-0.2, 0) is 4.79 Å². The van der Waals surface area contributed by atoms with E-state index in [2.05, 4.69) is 19.1 Å². The first-order valence-corrected chi connectivity index (χ1v) is 5.69. The predicted molar refractivity (Wildman–Crippen MR) is 58.0 cm³/mol. The third-order valence-corrected chi connectivity index (χ3v) is 2.96. The minimum atomic E-state index is 0.197. The highest BCUT2D eigenvalue weighted by Gasteiger charge is 2.19. The number of allylic oxidation sites excluding steroid dienone is 4. The van der Waals surface area contributed by atoms with Crippen molar-refractivity contribution in [1.29, 1.82) is 0 Å². The molecule has 2 aliphatic rings. The van der Waals surface area contributed by atoms with Gasteiger partial charge in [0.25, 0.3) is 0 Å². The standard InChI is InChI=1S/C13H18O/c1-2-12(9-11-5-6-11)13(14)8-7-10-3-4-10/h7,9,12H,2-6,8H2,1H3. The second kappa shape index (κ2) is 4.12. The first-order valence-electron chi connectivity index (χ1n) is 5.69. The Hall–Kier alpha value is -0.850. The van der Waals surface area contributed by atoms with E-state index < -0.39 is 0 Å². The van der Waals surface area contributed by atoms with E-state index in [-0.39, 0.29) is 5.92 Å². The fourth-order valence-corrected chi connectivity index (χ4v) is 1.63. The molecule has 0 aromatic carbocycles. The molecule has 14 heavy (non-hydrogen) atoms. The summed E-state index contributed by atoms with van der Waals surface area (Å²) < 4.78 is 0. The zero-order valence-corrected chi connectivity index (χ0v) is 8.88. The average molecular weight is 190 g/mol. The molecule has 1 unspecified atom stereocenters. The third-order valence-electron chi connectivity index (χ3n) is 2.96. The molecular weight excluding hydrogens is 172 g/mol. The van der Waals surface area contributed by atoms with Gasteiger partial charge in [-0.25, -0.2) is 0 Å². The van der Waals surface area contributed by atoms with Crippen LogP contribution in [0.3, 0.4) is 0 Å². The fourth-order valence-electron chi connectivity index (χ4n) is 1.63. The highest BCUT2D eigenvalue weighted by molar-refractivity contribution is 5.84. The molecule has 2 saturated carbocycles. The van der Waals surface area contributed by atoms with Crippen molar-refractivity contribution in [2.45, 2.75) is 45.4 Å². The summed E-state index contributed by atoms with van der Waals surface area (Å²) in [5, 5.41) is 0. The zero-order chi connectivity index (χ0) is 9.97. The lowest BCUT2D eigenvalue weighted by Gasteiger charge is -2.06. The van der Waals surface area contributed by atoms with Gasteiger partial charge >= 0.3 is 0 Å². The topological polar surface area (TPSA) is 17.1 Å². The summed E-state index contributed by atoms with van der Waals surface area (Å²) in [6, 6.07) is 0. The monoisotopic (exact) mass is 190 g/mol. The molecule has 1 atom stereocenters. The minimum absolute atomic E-state index is 0.197. The van der Waals surface area contributed by atoms with Crippen LogP contribution in [0.5, 0.6) is 0 Å². The largest absolute Gasteiger partial charge is 0.299 e. The van der Waals surface area contributed by atoms with E-state index in [1.165, 1.54) is 36.8 Å². The van der Waals surface area contributed by atoms with Gasteiger partial charge in [-0.1, -0.05) is 30.2 Å². The van der Waals surface area contributed by atoms with Crippen molar-refractivity contribution in [3.63, 3.8) is 0 Å². The van der Waals surface area contributed by atoms with Gasteiger partial charge in [0.15, 0.2) is 0 Å². The second-order valence-electron chi connectivity index (χ2n) is 4.37. The van der Waals surface area contributed by atoms with Crippen LogP contribution in [0.15, 0.2) is 23.3 Å². The minimum Gasteiger partial charge on any atom is -0.299 e. The fraction of sp³-hybridized carbons (Fsp3) is 0.615. The maximum Gasteiger partial charge on any atom is 0.143 e. The Morgan fingerprint density at radius 2 is 1.93 bits per heavy atom. The summed E-state index contributed by atoms with van der Waals surface area (Å²) in [5.74, 6) is 0.606. The highest BCUT2D eigenvalue weighted by atomic mass is 16.1. The van der Waals surface area contributed by atoms with E-state index in [1.54, 1.807) is 0 Å². The molecule has 2 rings (SSSR count). The number of Topliss-reactive ketones (excluding diaryl/α,β-unsaturated/α-hetero) is 1. The van der Waals surface area contributed by atoms with Crippen molar-refractivity contribution < 1.29 is 4.79 Å². The van der Waals surface area contributed by atoms with Crippen LogP contribution < -0.4 is 0 Å². The van der Waals surface area contributed by atoms with Crippen molar-refractivity contribution in [3.8, 4) is 0 Å². The van der Waals surface area contributed by atoms with Crippen molar-refractivity contribution in [1.82, 2.24) is 0 Å². The second-order valence-corrected chi connectivity index (χ2v) is 4.37. The van der Waals surface area contributed by atoms with Gasteiger partial charge in [-0.3, -0.25) is 4.79 Å². The first kappa shape index (κ1) is 9.70. The van der Waals surface area contributed by atoms with Crippen LogP contribution in [-0.4, -0.2) is 5.78 Å². The maximum atomic E-state index is 11.8. The molecule has 0 amide bonds. The number of carbonyl (C=O) groups is 1. The molecule has 1 nitrogen and oxygen atoms in total. The van der Waals surface area contributed by atoms with Crippen LogP contribution in [0.2, 0.25) is 0 Å². The molecule has 0 heterocycles.